The standard InChI is InChI=1S/C24H19F3N2O4.C3H6/c25-18-9-14(10-19(26)23(18)27)13-29-7-1-3-17(24(29)32)21(30)4-2-8-33-16-6-5-15-11-22(31)28-20(15)12-16;1-2-3-1/h1,3,5-7,9-10,12H,2,4,8,11,13H2,(H,28,31);1-3H2. The number of halogens is 3. The highest BCUT2D eigenvalue weighted by molar-refractivity contribution is 5.99. The summed E-state index contributed by atoms with van der Waals surface area (Å²) in [7, 11) is 0. The fourth-order valence-corrected chi connectivity index (χ4v) is 3.61. The van der Waals surface area contributed by atoms with Gasteiger partial charge < -0.3 is 14.6 Å². The van der Waals surface area contributed by atoms with Crippen LogP contribution in [-0.2, 0) is 17.8 Å². The van der Waals surface area contributed by atoms with Crippen molar-refractivity contribution in [3.63, 3.8) is 0 Å². The second-order valence-electron chi connectivity index (χ2n) is 8.71. The summed E-state index contributed by atoms with van der Waals surface area (Å²) in [6.45, 7) is 0.0136. The molecule has 2 heterocycles. The fourth-order valence-electron chi connectivity index (χ4n) is 3.61. The molecule has 0 bridgehead atoms. The first-order chi connectivity index (χ1) is 17.3. The molecule has 0 radical (unpaired) electrons. The van der Waals surface area contributed by atoms with Crippen LogP contribution in [0.3, 0.4) is 0 Å². The number of pyridine rings is 1. The van der Waals surface area contributed by atoms with Crippen molar-refractivity contribution < 1.29 is 27.5 Å². The Kier molecular flexibility index (Phi) is 7.87. The highest BCUT2D eigenvalue weighted by Gasteiger charge is 2.18. The molecule has 6 nitrogen and oxygen atoms in total. The molecule has 2 aromatic carbocycles. The number of fused-ring (bicyclic) bond motifs is 1. The average Bonchev–Trinajstić information content (AvgIpc) is 3.68. The summed E-state index contributed by atoms with van der Waals surface area (Å²) in [5, 5.41) is 2.74. The molecule has 36 heavy (non-hydrogen) atoms. The molecule has 0 atom stereocenters. The minimum absolute atomic E-state index is 0.0528. The van der Waals surface area contributed by atoms with E-state index < -0.39 is 28.8 Å². The van der Waals surface area contributed by atoms with Crippen LogP contribution in [0.25, 0.3) is 0 Å². The van der Waals surface area contributed by atoms with Gasteiger partial charge in [0.2, 0.25) is 5.91 Å². The molecule has 1 aromatic heterocycles. The summed E-state index contributed by atoms with van der Waals surface area (Å²) in [6, 6.07) is 9.76. The van der Waals surface area contributed by atoms with Crippen molar-refractivity contribution in [2.24, 2.45) is 0 Å². The lowest BCUT2D eigenvalue weighted by molar-refractivity contribution is -0.115. The summed E-state index contributed by atoms with van der Waals surface area (Å²) in [4.78, 5) is 36.6. The number of amides is 1. The predicted octanol–water partition coefficient (Wildman–Crippen LogP) is 5.02. The van der Waals surface area contributed by atoms with E-state index in [2.05, 4.69) is 5.32 Å². The molecule has 1 aliphatic heterocycles. The Morgan fingerprint density at radius 3 is 2.42 bits per heavy atom. The van der Waals surface area contributed by atoms with Crippen LogP contribution in [0, 0.1) is 17.5 Å². The number of ketones is 1. The molecule has 1 aliphatic carbocycles. The number of Topliss-reactive ketones (excluding diaryl/α,β-unsaturated/α-hetero) is 1. The molecule has 2 aliphatic rings. The van der Waals surface area contributed by atoms with Crippen molar-refractivity contribution in [3.05, 3.63) is 93.2 Å². The number of ether oxygens (including phenoxy) is 1. The Bertz CT molecular complexity index is 1330. The topological polar surface area (TPSA) is 77.4 Å². The van der Waals surface area contributed by atoms with E-state index in [0.717, 1.165) is 22.3 Å². The van der Waals surface area contributed by atoms with Crippen LogP contribution in [0.1, 0.15) is 53.6 Å². The van der Waals surface area contributed by atoms with Gasteiger partial charge in [0.15, 0.2) is 23.2 Å². The van der Waals surface area contributed by atoms with E-state index in [4.69, 9.17) is 4.74 Å². The summed E-state index contributed by atoms with van der Waals surface area (Å²) in [5.41, 5.74) is 0.995. The molecule has 0 saturated heterocycles. The molecule has 1 N–H and O–H groups in total. The molecule has 3 aromatic rings. The highest BCUT2D eigenvalue weighted by atomic mass is 19.2. The zero-order valence-electron chi connectivity index (χ0n) is 19.5. The second kappa shape index (κ2) is 11.2. The first-order valence-corrected chi connectivity index (χ1v) is 11.7. The molecule has 1 saturated carbocycles. The third-order valence-electron chi connectivity index (χ3n) is 5.59. The molecule has 188 valence electrons. The van der Waals surface area contributed by atoms with Gasteiger partial charge in [0.1, 0.15) is 5.75 Å². The summed E-state index contributed by atoms with van der Waals surface area (Å²) < 4.78 is 46.8. The van der Waals surface area contributed by atoms with Crippen molar-refractivity contribution >= 4 is 17.4 Å². The second-order valence-corrected chi connectivity index (χ2v) is 8.71. The van der Waals surface area contributed by atoms with Crippen LogP contribution < -0.4 is 15.6 Å². The van der Waals surface area contributed by atoms with Gasteiger partial charge in [-0.05, 0) is 47.9 Å². The summed E-state index contributed by atoms with van der Waals surface area (Å²) in [6.07, 6.45) is 6.63. The molecule has 5 rings (SSSR count). The smallest absolute Gasteiger partial charge is 0.261 e. The van der Waals surface area contributed by atoms with Crippen LogP contribution in [0.5, 0.6) is 5.75 Å². The van der Waals surface area contributed by atoms with Crippen LogP contribution in [-0.4, -0.2) is 22.9 Å². The molecule has 1 amide bonds. The van der Waals surface area contributed by atoms with E-state index in [1.165, 1.54) is 37.6 Å². The molecular weight excluding hydrogens is 473 g/mol. The van der Waals surface area contributed by atoms with E-state index in [0.29, 0.717) is 24.3 Å². The van der Waals surface area contributed by atoms with Gasteiger partial charge in [0, 0.05) is 24.4 Å². The lowest BCUT2D eigenvalue weighted by atomic mass is 10.1. The maximum Gasteiger partial charge on any atom is 0.261 e. The zero-order chi connectivity index (χ0) is 25.7. The molecular formula is C27H25F3N2O4. The van der Waals surface area contributed by atoms with Crippen LogP contribution in [0.2, 0.25) is 0 Å². The van der Waals surface area contributed by atoms with Crippen molar-refractivity contribution in [1.29, 1.82) is 0 Å². The van der Waals surface area contributed by atoms with Gasteiger partial charge in [-0.15, -0.1) is 0 Å². The maximum atomic E-state index is 13.4. The minimum Gasteiger partial charge on any atom is -0.494 e. The van der Waals surface area contributed by atoms with Gasteiger partial charge >= 0.3 is 0 Å². The average molecular weight is 499 g/mol. The van der Waals surface area contributed by atoms with Gasteiger partial charge in [-0.25, -0.2) is 13.2 Å². The quantitative estimate of drug-likeness (QED) is 0.269. The third kappa shape index (κ3) is 6.41. The predicted molar refractivity (Wildman–Crippen MR) is 128 cm³/mol. The Morgan fingerprint density at radius 1 is 1.00 bits per heavy atom. The number of nitrogens with one attached hydrogen (secondary N) is 1. The van der Waals surface area contributed by atoms with E-state index in [1.807, 2.05) is 0 Å². The number of anilines is 1. The van der Waals surface area contributed by atoms with E-state index in [-0.39, 0.29) is 36.6 Å². The normalized spacial score (nSPS) is 13.4. The molecule has 0 spiro atoms. The number of rotatable bonds is 8. The number of carbonyl (C=O) groups excluding carboxylic acids is 2. The monoisotopic (exact) mass is 498 g/mol. The Morgan fingerprint density at radius 2 is 1.72 bits per heavy atom. The molecule has 1 fully saturated rings. The van der Waals surface area contributed by atoms with Gasteiger partial charge in [0.05, 0.1) is 25.1 Å². The number of aromatic nitrogens is 1. The fraction of sp³-hybridized carbons (Fsp3) is 0.296. The van der Waals surface area contributed by atoms with Gasteiger partial charge in [-0.1, -0.05) is 25.3 Å². The van der Waals surface area contributed by atoms with Crippen LogP contribution in [0.4, 0.5) is 18.9 Å². The largest absolute Gasteiger partial charge is 0.494 e. The van der Waals surface area contributed by atoms with Crippen molar-refractivity contribution in [1.82, 2.24) is 4.57 Å². The number of hydrogen-bond donors (Lipinski definition) is 1. The SMILES string of the molecule is C1CC1.O=C1Cc2ccc(OCCCC(=O)c3cccn(Cc4cc(F)c(F)c(F)c4)c3=O)cc2N1. The first kappa shape index (κ1) is 25.2. The van der Waals surface area contributed by atoms with Crippen molar-refractivity contribution in [2.45, 2.75) is 45.1 Å². The molecule has 0 unspecified atom stereocenters. The summed E-state index contributed by atoms with van der Waals surface area (Å²) in [5.74, 6) is -4.19. The number of nitrogens with zero attached hydrogens (tertiary/aromatic N) is 1. The molecule has 9 heteroatoms. The lowest BCUT2D eigenvalue weighted by Crippen LogP contribution is -2.26. The Balaban J connectivity index is 0.000000943. The van der Waals surface area contributed by atoms with Crippen molar-refractivity contribution in [2.75, 3.05) is 11.9 Å². The van der Waals surface area contributed by atoms with Crippen LogP contribution >= 0.6 is 0 Å². The summed E-state index contributed by atoms with van der Waals surface area (Å²) >= 11 is 0. The Hall–Kier alpha value is -3.88. The van der Waals surface area contributed by atoms with E-state index in [1.54, 1.807) is 18.2 Å². The highest BCUT2D eigenvalue weighted by Crippen LogP contribution is 2.27. The lowest BCUT2D eigenvalue weighted by Gasteiger charge is -2.10. The van der Waals surface area contributed by atoms with Gasteiger partial charge in [0.25, 0.3) is 5.56 Å². The first-order valence-electron chi connectivity index (χ1n) is 11.7. The van der Waals surface area contributed by atoms with E-state index in [9.17, 15) is 27.6 Å². The maximum absolute atomic E-state index is 13.4. The van der Waals surface area contributed by atoms with E-state index >= 15 is 0 Å². The number of carbonyl (C=O) groups is 2. The third-order valence-corrected chi connectivity index (χ3v) is 5.59. The number of benzene rings is 2. The van der Waals surface area contributed by atoms with Crippen molar-refractivity contribution in [3.8, 4) is 5.75 Å². The zero-order valence-corrected chi connectivity index (χ0v) is 19.5. The van der Waals surface area contributed by atoms with Gasteiger partial charge in [-0.2, -0.15) is 0 Å². The van der Waals surface area contributed by atoms with Gasteiger partial charge in [-0.3, -0.25) is 14.4 Å². The van der Waals surface area contributed by atoms with Crippen LogP contribution in [0.15, 0.2) is 53.5 Å². The number of hydrogen-bond acceptors (Lipinski definition) is 4. The Labute approximate surface area is 205 Å². The minimum atomic E-state index is -1.58.